The largest absolute Gasteiger partial charge is 0.490 e. The fourth-order valence-corrected chi connectivity index (χ4v) is 5.97. The lowest BCUT2D eigenvalue weighted by molar-refractivity contribution is -0.118. The fraction of sp³-hybridized carbons (Fsp3) is 0.500. The molecule has 0 radical (unpaired) electrons. The Labute approximate surface area is 201 Å². The molecule has 4 rings (SSSR count). The Morgan fingerprint density at radius 3 is 2.27 bits per heavy atom. The molecule has 4 nitrogen and oxygen atoms in total. The first-order valence-corrected chi connectivity index (χ1v) is 12.7. The minimum absolute atomic E-state index is 0.0260. The lowest BCUT2D eigenvalue weighted by Crippen LogP contribution is -2.34. The minimum atomic E-state index is -0.418. The Morgan fingerprint density at radius 1 is 1.06 bits per heavy atom. The first kappa shape index (κ1) is 23.9. The maximum Gasteiger partial charge on any atom is 0.286 e. The molecule has 0 spiro atoms. The van der Waals surface area contributed by atoms with Gasteiger partial charge in [0.1, 0.15) is 5.75 Å². The third-order valence-electron chi connectivity index (χ3n) is 7.11. The van der Waals surface area contributed by atoms with Crippen molar-refractivity contribution in [2.45, 2.75) is 89.9 Å². The van der Waals surface area contributed by atoms with E-state index in [4.69, 9.17) is 4.74 Å². The summed E-state index contributed by atoms with van der Waals surface area (Å²) in [5.41, 5.74) is 7.50. The fourth-order valence-electron chi connectivity index (χ4n) is 5.12. The summed E-state index contributed by atoms with van der Waals surface area (Å²) in [6, 6.07) is 10.8. The van der Waals surface area contributed by atoms with Crippen LogP contribution in [-0.4, -0.2) is 22.5 Å². The topological polar surface area (TPSA) is 55.4 Å². The predicted octanol–water partition coefficient (Wildman–Crippen LogP) is 6.69. The quantitative estimate of drug-likeness (QED) is 0.534. The van der Waals surface area contributed by atoms with Crippen molar-refractivity contribution >= 4 is 22.9 Å². The Hall–Kier alpha value is -2.27. The van der Waals surface area contributed by atoms with Crippen molar-refractivity contribution in [3.8, 4) is 16.9 Å². The van der Waals surface area contributed by atoms with Crippen LogP contribution in [-0.2, 0) is 22.0 Å². The summed E-state index contributed by atoms with van der Waals surface area (Å²) in [5.74, 6) is 0.615. The summed E-state index contributed by atoms with van der Waals surface area (Å²) in [4.78, 5) is 24.1. The van der Waals surface area contributed by atoms with Crippen molar-refractivity contribution in [2.24, 2.45) is 0 Å². The molecule has 1 N–H and O–H groups in total. The van der Waals surface area contributed by atoms with Gasteiger partial charge in [0.05, 0.1) is 11.4 Å². The van der Waals surface area contributed by atoms with Gasteiger partial charge in [-0.3, -0.25) is 14.9 Å². The molecular formula is C28H35NO3S. The number of hydrogen-bond acceptors (Lipinski definition) is 4. The van der Waals surface area contributed by atoms with Crippen molar-refractivity contribution in [1.29, 1.82) is 0 Å². The zero-order valence-electron chi connectivity index (χ0n) is 20.8. The van der Waals surface area contributed by atoms with Gasteiger partial charge >= 0.3 is 0 Å². The molecule has 1 saturated heterocycles. The van der Waals surface area contributed by atoms with E-state index in [-0.39, 0.29) is 28.1 Å². The SMILES string of the molecule is Cc1cc2c(cc1-c1c(CC3SC(=O)NC3=O)cccc1OC(C)C)C(C)(C)CCC2(C)C. The summed E-state index contributed by atoms with van der Waals surface area (Å²) in [7, 11) is 0. The summed E-state index contributed by atoms with van der Waals surface area (Å²) < 4.78 is 6.27. The van der Waals surface area contributed by atoms with E-state index in [1.165, 1.54) is 23.1 Å². The van der Waals surface area contributed by atoms with Crippen LogP contribution in [0.4, 0.5) is 4.79 Å². The predicted molar refractivity (Wildman–Crippen MR) is 136 cm³/mol. The number of amides is 2. The molecule has 2 amide bonds. The molecule has 1 heterocycles. The first-order valence-electron chi connectivity index (χ1n) is 11.8. The number of thioether (sulfide) groups is 1. The third-order valence-corrected chi connectivity index (χ3v) is 8.10. The average Bonchev–Trinajstić information content (AvgIpc) is 3.02. The molecular weight excluding hydrogens is 430 g/mol. The number of hydrogen-bond donors (Lipinski definition) is 1. The summed E-state index contributed by atoms with van der Waals surface area (Å²) in [6.45, 7) is 15.6. The zero-order valence-corrected chi connectivity index (χ0v) is 21.6. The van der Waals surface area contributed by atoms with Gasteiger partial charge in [-0.05, 0) is 90.8 Å². The molecule has 1 atom stereocenters. The Morgan fingerprint density at radius 2 is 1.70 bits per heavy atom. The third kappa shape index (κ3) is 4.57. The monoisotopic (exact) mass is 465 g/mol. The number of carbonyl (C=O) groups is 2. The van der Waals surface area contributed by atoms with Crippen LogP contribution in [0.15, 0.2) is 30.3 Å². The lowest BCUT2D eigenvalue weighted by Gasteiger charge is -2.42. The summed E-state index contributed by atoms with van der Waals surface area (Å²) >= 11 is 1.08. The average molecular weight is 466 g/mol. The molecule has 1 fully saturated rings. The van der Waals surface area contributed by atoms with Crippen molar-refractivity contribution in [3.63, 3.8) is 0 Å². The molecule has 2 aromatic carbocycles. The van der Waals surface area contributed by atoms with Crippen LogP contribution < -0.4 is 10.1 Å². The van der Waals surface area contributed by atoms with Gasteiger partial charge in [0.25, 0.3) is 5.24 Å². The van der Waals surface area contributed by atoms with Crippen LogP contribution >= 0.6 is 11.8 Å². The first-order chi connectivity index (χ1) is 15.4. The van der Waals surface area contributed by atoms with Gasteiger partial charge in [-0.2, -0.15) is 0 Å². The highest BCUT2D eigenvalue weighted by Gasteiger charge is 2.38. The summed E-state index contributed by atoms with van der Waals surface area (Å²) in [6.07, 6.45) is 2.83. The van der Waals surface area contributed by atoms with Gasteiger partial charge < -0.3 is 4.74 Å². The second kappa shape index (κ2) is 8.50. The zero-order chi connectivity index (χ0) is 24.1. The van der Waals surface area contributed by atoms with Crippen LogP contribution in [0.3, 0.4) is 0 Å². The highest BCUT2D eigenvalue weighted by molar-refractivity contribution is 8.15. The van der Waals surface area contributed by atoms with Crippen LogP contribution in [0.5, 0.6) is 5.75 Å². The Balaban J connectivity index is 1.90. The van der Waals surface area contributed by atoms with Crippen molar-refractivity contribution < 1.29 is 14.3 Å². The summed E-state index contributed by atoms with van der Waals surface area (Å²) in [5, 5.41) is 1.73. The molecule has 1 unspecified atom stereocenters. The molecule has 176 valence electrons. The van der Waals surface area contributed by atoms with Gasteiger partial charge in [0.15, 0.2) is 0 Å². The maximum absolute atomic E-state index is 12.3. The van der Waals surface area contributed by atoms with Crippen molar-refractivity contribution in [1.82, 2.24) is 5.32 Å². The van der Waals surface area contributed by atoms with Crippen molar-refractivity contribution in [2.75, 3.05) is 0 Å². The second-order valence-corrected chi connectivity index (χ2v) is 12.2. The number of benzene rings is 2. The van der Waals surface area contributed by atoms with Crippen LogP contribution in [0.1, 0.15) is 76.6 Å². The molecule has 1 aliphatic carbocycles. The Bertz CT molecular complexity index is 1120. The molecule has 5 heteroatoms. The lowest BCUT2D eigenvalue weighted by atomic mass is 9.62. The number of ether oxygens (including phenoxy) is 1. The van der Waals surface area contributed by atoms with Gasteiger partial charge in [-0.15, -0.1) is 0 Å². The van der Waals surface area contributed by atoms with Crippen LogP contribution in [0, 0.1) is 6.92 Å². The van der Waals surface area contributed by atoms with Gasteiger partial charge in [-0.25, -0.2) is 0 Å². The maximum atomic E-state index is 12.3. The van der Waals surface area contributed by atoms with E-state index in [2.05, 4.69) is 58.1 Å². The highest BCUT2D eigenvalue weighted by atomic mass is 32.2. The highest BCUT2D eigenvalue weighted by Crippen LogP contribution is 2.49. The van der Waals surface area contributed by atoms with E-state index in [9.17, 15) is 9.59 Å². The number of rotatable bonds is 5. The molecule has 2 aromatic rings. The minimum Gasteiger partial charge on any atom is -0.490 e. The van der Waals surface area contributed by atoms with Crippen LogP contribution in [0.25, 0.3) is 11.1 Å². The van der Waals surface area contributed by atoms with Crippen LogP contribution in [0.2, 0.25) is 0 Å². The number of fused-ring (bicyclic) bond motifs is 1. The van der Waals surface area contributed by atoms with E-state index in [1.54, 1.807) is 0 Å². The number of imide groups is 1. The van der Waals surface area contributed by atoms with E-state index < -0.39 is 5.25 Å². The van der Waals surface area contributed by atoms with Gasteiger partial charge in [0, 0.05) is 5.56 Å². The molecule has 1 aliphatic heterocycles. The van der Waals surface area contributed by atoms with Crippen molar-refractivity contribution in [3.05, 3.63) is 52.6 Å². The van der Waals surface area contributed by atoms with E-state index >= 15 is 0 Å². The number of aryl methyl sites for hydroxylation is 1. The van der Waals surface area contributed by atoms with E-state index in [0.717, 1.165) is 40.6 Å². The Kier molecular flexibility index (Phi) is 6.15. The van der Waals surface area contributed by atoms with Gasteiger partial charge in [0.2, 0.25) is 5.91 Å². The molecule has 33 heavy (non-hydrogen) atoms. The van der Waals surface area contributed by atoms with Gasteiger partial charge in [-0.1, -0.05) is 57.7 Å². The number of nitrogens with one attached hydrogen (secondary N) is 1. The second-order valence-electron chi connectivity index (χ2n) is 11.0. The smallest absolute Gasteiger partial charge is 0.286 e. The molecule has 0 bridgehead atoms. The standard InChI is InChI=1S/C28H35NO3S/c1-16(2)32-22-10-8-9-18(14-23-25(30)29-26(31)33-23)24(22)19-15-21-20(13-17(19)3)27(4,5)11-12-28(21,6)7/h8-10,13,15-16,23H,11-12,14H2,1-7H3,(H,29,30,31). The molecule has 0 saturated carbocycles. The normalized spacial score (nSPS) is 21.2. The van der Waals surface area contributed by atoms with E-state index in [1.807, 2.05) is 26.0 Å². The molecule has 0 aromatic heterocycles. The number of carbonyl (C=O) groups excluding carboxylic acids is 2. The molecule has 2 aliphatic rings. The van der Waals surface area contributed by atoms with E-state index in [0.29, 0.717) is 6.42 Å².